The standard InChI is InChI=1S/C21H21N3O2/c1-21(2,3)26-20(25)24(16-4-6-18-8-12-22-13-9-18)17-5-7-19-10-14-23-15-11-19/h8-15H,16-17H2,1-3H3. The summed E-state index contributed by atoms with van der Waals surface area (Å²) in [4.78, 5) is 21.8. The van der Waals surface area contributed by atoms with E-state index in [2.05, 4.69) is 33.6 Å². The molecule has 0 spiro atoms. The zero-order valence-electron chi connectivity index (χ0n) is 15.2. The van der Waals surface area contributed by atoms with Gasteiger partial charge >= 0.3 is 6.09 Å². The van der Waals surface area contributed by atoms with Gasteiger partial charge in [-0.15, -0.1) is 0 Å². The summed E-state index contributed by atoms with van der Waals surface area (Å²) in [5.41, 5.74) is 1.10. The van der Waals surface area contributed by atoms with Gasteiger partial charge in [0.15, 0.2) is 0 Å². The monoisotopic (exact) mass is 347 g/mol. The highest BCUT2D eigenvalue weighted by atomic mass is 16.6. The van der Waals surface area contributed by atoms with Crippen molar-refractivity contribution in [1.29, 1.82) is 0 Å². The van der Waals surface area contributed by atoms with E-state index in [1.807, 2.05) is 45.0 Å². The minimum Gasteiger partial charge on any atom is -0.444 e. The summed E-state index contributed by atoms with van der Waals surface area (Å²) < 4.78 is 5.44. The van der Waals surface area contributed by atoms with Crippen molar-refractivity contribution in [3.05, 3.63) is 60.2 Å². The molecule has 0 bridgehead atoms. The summed E-state index contributed by atoms with van der Waals surface area (Å²) in [6.07, 6.45) is 6.27. The molecule has 2 aromatic heterocycles. The Labute approximate surface area is 154 Å². The molecule has 0 N–H and O–H groups in total. The minimum atomic E-state index is -0.577. The average Bonchev–Trinajstić information content (AvgIpc) is 2.61. The lowest BCUT2D eigenvalue weighted by Crippen LogP contribution is -2.37. The lowest BCUT2D eigenvalue weighted by Gasteiger charge is -2.24. The predicted octanol–water partition coefficient (Wildman–Crippen LogP) is 3.12. The SMILES string of the molecule is CC(C)(C)OC(=O)N(CC#Cc1ccncc1)CC#Cc1ccncc1. The van der Waals surface area contributed by atoms with Gasteiger partial charge in [-0.05, 0) is 45.0 Å². The van der Waals surface area contributed by atoms with E-state index in [9.17, 15) is 4.79 Å². The molecule has 0 saturated heterocycles. The van der Waals surface area contributed by atoms with Crippen molar-refractivity contribution in [3.63, 3.8) is 0 Å². The van der Waals surface area contributed by atoms with Crippen LogP contribution >= 0.6 is 0 Å². The number of nitrogens with zero attached hydrogens (tertiary/aromatic N) is 3. The summed E-state index contributed by atoms with van der Waals surface area (Å²) in [5, 5.41) is 0. The van der Waals surface area contributed by atoms with Gasteiger partial charge in [0.1, 0.15) is 5.60 Å². The molecule has 2 heterocycles. The molecule has 0 aliphatic rings. The van der Waals surface area contributed by atoms with Crippen LogP contribution in [-0.4, -0.2) is 39.7 Å². The van der Waals surface area contributed by atoms with Crippen molar-refractivity contribution in [2.75, 3.05) is 13.1 Å². The van der Waals surface area contributed by atoms with E-state index >= 15 is 0 Å². The number of hydrogen-bond donors (Lipinski definition) is 0. The number of pyridine rings is 2. The molecule has 0 saturated carbocycles. The quantitative estimate of drug-likeness (QED) is 0.783. The maximum absolute atomic E-state index is 12.4. The summed E-state index contributed by atoms with van der Waals surface area (Å²) in [6.45, 7) is 5.93. The molecular formula is C21H21N3O2. The van der Waals surface area contributed by atoms with E-state index in [0.29, 0.717) is 0 Å². The van der Waals surface area contributed by atoms with Gasteiger partial charge < -0.3 is 4.74 Å². The average molecular weight is 347 g/mol. The number of carbonyl (C=O) groups excluding carboxylic acids is 1. The second kappa shape index (κ2) is 9.25. The van der Waals surface area contributed by atoms with Crippen LogP contribution in [0.15, 0.2) is 49.1 Å². The molecule has 2 aromatic rings. The third kappa shape index (κ3) is 7.07. The molecule has 5 heteroatoms. The van der Waals surface area contributed by atoms with Crippen molar-refractivity contribution in [1.82, 2.24) is 14.9 Å². The van der Waals surface area contributed by atoms with Crippen LogP contribution < -0.4 is 0 Å². The maximum atomic E-state index is 12.4. The van der Waals surface area contributed by atoms with Crippen LogP contribution in [0, 0.1) is 23.7 Å². The molecule has 132 valence electrons. The molecule has 0 unspecified atom stereocenters. The van der Waals surface area contributed by atoms with Crippen molar-refractivity contribution in [2.24, 2.45) is 0 Å². The normalized spacial score (nSPS) is 9.96. The van der Waals surface area contributed by atoms with E-state index in [1.54, 1.807) is 24.8 Å². The summed E-state index contributed by atoms with van der Waals surface area (Å²) in [5.74, 6) is 12.0. The molecular weight excluding hydrogens is 326 g/mol. The van der Waals surface area contributed by atoms with Gasteiger partial charge in [0, 0.05) is 35.9 Å². The first-order valence-electron chi connectivity index (χ1n) is 8.20. The molecule has 0 atom stereocenters. The summed E-state index contributed by atoms with van der Waals surface area (Å²) in [6, 6.07) is 7.25. The van der Waals surface area contributed by atoms with E-state index < -0.39 is 11.7 Å². The van der Waals surface area contributed by atoms with Crippen LogP contribution in [0.1, 0.15) is 31.9 Å². The number of amides is 1. The number of aromatic nitrogens is 2. The topological polar surface area (TPSA) is 55.3 Å². The zero-order chi connectivity index (χ0) is 18.8. The second-order valence-corrected chi connectivity index (χ2v) is 6.41. The molecule has 26 heavy (non-hydrogen) atoms. The van der Waals surface area contributed by atoms with Crippen LogP contribution in [0.2, 0.25) is 0 Å². The van der Waals surface area contributed by atoms with E-state index in [0.717, 1.165) is 11.1 Å². The van der Waals surface area contributed by atoms with Crippen LogP contribution in [0.5, 0.6) is 0 Å². The maximum Gasteiger partial charge on any atom is 0.411 e. The van der Waals surface area contributed by atoms with Crippen molar-refractivity contribution >= 4 is 6.09 Å². The zero-order valence-corrected chi connectivity index (χ0v) is 15.2. The molecule has 0 fully saturated rings. The third-order valence-corrected chi connectivity index (χ3v) is 3.02. The fraction of sp³-hybridized carbons (Fsp3) is 0.286. The van der Waals surface area contributed by atoms with Gasteiger partial charge in [-0.25, -0.2) is 4.79 Å². The van der Waals surface area contributed by atoms with Gasteiger partial charge in [0.25, 0.3) is 0 Å². The van der Waals surface area contributed by atoms with E-state index in [1.165, 1.54) is 4.90 Å². The first kappa shape index (κ1) is 19.0. The first-order chi connectivity index (χ1) is 12.4. The van der Waals surface area contributed by atoms with Gasteiger partial charge in [-0.1, -0.05) is 23.7 Å². The van der Waals surface area contributed by atoms with Gasteiger partial charge in [-0.2, -0.15) is 0 Å². The highest BCUT2D eigenvalue weighted by Gasteiger charge is 2.20. The van der Waals surface area contributed by atoms with Crippen LogP contribution in [0.3, 0.4) is 0 Å². The lowest BCUT2D eigenvalue weighted by molar-refractivity contribution is 0.0299. The molecule has 0 aromatic carbocycles. The van der Waals surface area contributed by atoms with Crippen molar-refractivity contribution in [2.45, 2.75) is 26.4 Å². The minimum absolute atomic E-state index is 0.224. The largest absolute Gasteiger partial charge is 0.444 e. The molecule has 0 radical (unpaired) electrons. The van der Waals surface area contributed by atoms with Crippen LogP contribution in [0.25, 0.3) is 0 Å². The number of carbonyl (C=O) groups is 1. The Bertz CT molecular complexity index is 776. The Morgan fingerprint density at radius 1 is 0.923 bits per heavy atom. The summed E-state index contributed by atoms with van der Waals surface area (Å²) in [7, 11) is 0. The molecule has 1 amide bonds. The Balaban J connectivity index is 2.07. The van der Waals surface area contributed by atoms with E-state index in [-0.39, 0.29) is 13.1 Å². The van der Waals surface area contributed by atoms with Crippen molar-refractivity contribution < 1.29 is 9.53 Å². The van der Waals surface area contributed by atoms with Gasteiger partial charge in [-0.3, -0.25) is 14.9 Å². The number of hydrogen-bond acceptors (Lipinski definition) is 4. The smallest absolute Gasteiger partial charge is 0.411 e. The number of ether oxygens (including phenoxy) is 1. The molecule has 0 aliphatic carbocycles. The lowest BCUT2D eigenvalue weighted by atomic mass is 10.2. The second-order valence-electron chi connectivity index (χ2n) is 6.41. The van der Waals surface area contributed by atoms with Crippen LogP contribution in [0.4, 0.5) is 4.79 Å². The fourth-order valence-corrected chi connectivity index (χ4v) is 1.86. The van der Waals surface area contributed by atoms with Crippen LogP contribution in [-0.2, 0) is 4.74 Å². The predicted molar refractivity (Wildman–Crippen MR) is 100 cm³/mol. The molecule has 2 rings (SSSR count). The Morgan fingerprint density at radius 3 is 1.73 bits per heavy atom. The van der Waals surface area contributed by atoms with Gasteiger partial charge in [0.05, 0.1) is 13.1 Å². The third-order valence-electron chi connectivity index (χ3n) is 3.02. The van der Waals surface area contributed by atoms with Gasteiger partial charge in [0.2, 0.25) is 0 Å². The Hall–Kier alpha value is -3.31. The van der Waals surface area contributed by atoms with Crippen molar-refractivity contribution in [3.8, 4) is 23.7 Å². The molecule has 5 nitrogen and oxygen atoms in total. The van der Waals surface area contributed by atoms with E-state index in [4.69, 9.17) is 4.74 Å². The fourth-order valence-electron chi connectivity index (χ4n) is 1.86. The highest BCUT2D eigenvalue weighted by molar-refractivity contribution is 5.69. The highest BCUT2D eigenvalue weighted by Crippen LogP contribution is 2.09. The molecule has 0 aliphatic heterocycles. The Morgan fingerprint density at radius 2 is 1.35 bits per heavy atom. The first-order valence-corrected chi connectivity index (χ1v) is 8.20. The Kier molecular flexibility index (Phi) is 6.76. The summed E-state index contributed by atoms with van der Waals surface area (Å²) >= 11 is 0. The number of rotatable bonds is 2.